The third-order valence-electron chi connectivity index (χ3n) is 3.63. The largest absolute Gasteiger partial charge is 0.373 e. The van der Waals surface area contributed by atoms with Crippen molar-refractivity contribution in [2.24, 2.45) is 0 Å². The summed E-state index contributed by atoms with van der Waals surface area (Å²) in [5.74, 6) is 2.72. The van der Waals surface area contributed by atoms with E-state index in [4.69, 9.17) is 11.2 Å². The Morgan fingerprint density at radius 3 is 2.55 bits per heavy atom. The molecule has 20 heavy (non-hydrogen) atoms. The summed E-state index contributed by atoms with van der Waals surface area (Å²) in [6, 6.07) is 10.0. The SMILES string of the molecule is C#C/C(=C\COCC=C1CCCCC1)c1ccccc1. The predicted molar refractivity (Wildman–Crippen MR) is 85.2 cm³/mol. The van der Waals surface area contributed by atoms with Crippen molar-refractivity contribution in [3.05, 3.63) is 53.6 Å². The Labute approximate surface area is 122 Å². The van der Waals surface area contributed by atoms with Crippen LogP contribution >= 0.6 is 0 Å². The van der Waals surface area contributed by atoms with Crippen molar-refractivity contribution in [3.8, 4) is 12.3 Å². The van der Waals surface area contributed by atoms with Crippen LogP contribution in [0.15, 0.2) is 48.1 Å². The first kappa shape index (κ1) is 14.6. The molecule has 1 aliphatic carbocycles. The normalized spacial score (nSPS) is 15.8. The molecule has 0 aliphatic heterocycles. The summed E-state index contributed by atoms with van der Waals surface area (Å²) in [6.45, 7) is 1.26. The summed E-state index contributed by atoms with van der Waals surface area (Å²) in [5, 5.41) is 0. The molecule has 104 valence electrons. The number of terminal acetylenes is 1. The number of hydrogen-bond donors (Lipinski definition) is 0. The lowest BCUT2D eigenvalue weighted by atomic mass is 9.95. The van der Waals surface area contributed by atoms with Gasteiger partial charge in [0.1, 0.15) is 0 Å². The third-order valence-corrected chi connectivity index (χ3v) is 3.63. The van der Waals surface area contributed by atoms with E-state index < -0.39 is 0 Å². The second kappa shape index (κ2) is 8.40. The summed E-state index contributed by atoms with van der Waals surface area (Å²) in [7, 11) is 0. The number of rotatable bonds is 5. The van der Waals surface area contributed by atoms with Crippen molar-refractivity contribution in [3.63, 3.8) is 0 Å². The van der Waals surface area contributed by atoms with E-state index in [-0.39, 0.29) is 0 Å². The second-order valence-electron chi connectivity index (χ2n) is 5.09. The zero-order valence-corrected chi connectivity index (χ0v) is 12.0. The van der Waals surface area contributed by atoms with E-state index in [1.54, 1.807) is 5.57 Å². The minimum atomic E-state index is 0.568. The molecule has 0 N–H and O–H groups in total. The van der Waals surface area contributed by atoms with Gasteiger partial charge < -0.3 is 4.74 Å². The number of ether oxygens (including phenoxy) is 1. The van der Waals surface area contributed by atoms with Crippen LogP contribution in [0.25, 0.3) is 5.57 Å². The van der Waals surface area contributed by atoms with Crippen LogP contribution in [0, 0.1) is 12.3 Å². The van der Waals surface area contributed by atoms with E-state index in [0.29, 0.717) is 13.2 Å². The highest BCUT2D eigenvalue weighted by Crippen LogP contribution is 2.22. The highest BCUT2D eigenvalue weighted by Gasteiger charge is 2.04. The van der Waals surface area contributed by atoms with Crippen LogP contribution in [0.4, 0.5) is 0 Å². The second-order valence-corrected chi connectivity index (χ2v) is 5.09. The van der Waals surface area contributed by atoms with E-state index in [2.05, 4.69) is 12.0 Å². The molecule has 0 bridgehead atoms. The van der Waals surface area contributed by atoms with Gasteiger partial charge in [-0.2, -0.15) is 0 Å². The standard InChI is InChI=1S/C19H22O/c1-2-18(19-11-7-4-8-12-19)14-16-20-15-13-17-9-5-3-6-10-17/h1,4,7-8,11-14H,3,5-6,9-10,15-16H2/b18-14+. The lowest BCUT2D eigenvalue weighted by Gasteiger charge is -2.13. The van der Waals surface area contributed by atoms with Crippen molar-refractivity contribution in [2.75, 3.05) is 13.2 Å². The third kappa shape index (κ3) is 4.72. The molecule has 0 atom stereocenters. The van der Waals surface area contributed by atoms with Gasteiger partial charge >= 0.3 is 0 Å². The number of allylic oxidation sites excluding steroid dienone is 2. The zero-order chi connectivity index (χ0) is 14.0. The van der Waals surface area contributed by atoms with Gasteiger partial charge in [-0.3, -0.25) is 0 Å². The Morgan fingerprint density at radius 2 is 1.85 bits per heavy atom. The van der Waals surface area contributed by atoms with Crippen molar-refractivity contribution in [2.45, 2.75) is 32.1 Å². The first-order valence-corrected chi connectivity index (χ1v) is 7.38. The average Bonchev–Trinajstić information content (AvgIpc) is 2.53. The van der Waals surface area contributed by atoms with Crippen LogP contribution in [0.3, 0.4) is 0 Å². The molecule has 1 nitrogen and oxygen atoms in total. The maximum absolute atomic E-state index is 5.64. The molecule has 1 heteroatoms. The van der Waals surface area contributed by atoms with Gasteiger partial charge in [0.15, 0.2) is 0 Å². The van der Waals surface area contributed by atoms with E-state index in [1.165, 1.54) is 32.1 Å². The van der Waals surface area contributed by atoms with Gasteiger partial charge in [0.25, 0.3) is 0 Å². The van der Waals surface area contributed by atoms with Gasteiger partial charge in [0, 0.05) is 5.57 Å². The monoisotopic (exact) mass is 266 g/mol. The van der Waals surface area contributed by atoms with Crippen LogP contribution in [-0.4, -0.2) is 13.2 Å². The fourth-order valence-corrected chi connectivity index (χ4v) is 2.47. The minimum absolute atomic E-state index is 0.568. The summed E-state index contributed by atoms with van der Waals surface area (Å²) in [5.41, 5.74) is 3.53. The highest BCUT2D eigenvalue weighted by atomic mass is 16.5. The van der Waals surface area contributed by atoms with Gasteiger partial charge in [-0.25, -0.2) is 0 Å². The van der Waals surface area contributed by atoms with E-state index in [9.17, 15) is 0 Å². The molecule has 1 saturated carbocycles. The molecule has 0 aromatic heterocycles. The van der Waals surface area contributed by atoms with Crippen molar-refractivity contribution < 1.29 is 4.74 Å². The van der Waals surface area contributed by atoms with Crippen molar-refractivity contribution in [1.29, 1.82) is 0 Å². The zero-order valence-electron chi connectivity index (χ0n) is 12.0. The van der Waals surface area contributed by atoms with Crippen molar-refractivity contribution >= 4 is 5.57 Å². The van der Waals surface area contributed by atoms with Crippen LogP contribution in [0.2, 0.25) is 0 Å². The number of hydrogen-bond acceptors (Lipinski definition) is 1. The fraction of sp³-hybridized carbons (Fsp3) is 0.368. The Balaban J connectivity index is 1.79. The summed E-state index contributed by atoms with van der Waals surface area (Å²) < 4.78 is 5.64. The van der Waals surface area contributed by atoms with Crippen molar-refractivity contribution in [1.82, 2.24) is 0 Å². The predicted octanol–water partition coefficient (Wildman–Crippen LogP) is 4.61. The fourth-order valence-electron chi connectivity index (χ4n) is 2.47. The lowest BCUT2D eigenvalue weighted by molar-refractivity contribution is 0.193. The molecule has 0 amide bonds. The highest BCUT2D eigenvalue weighted by molar-refractivity contribution is 5.78. The van der Waals surface area contributed by atoms with Crippen LogP contribution in [0.5, 0.6) is 0 Å². The summed E-state index contributed by atoms with van der Waals surface area (Å²) in [4.78, 5) is 0. The topological polar surface area (TPSA) is 9.23 Å². The van der Waals surface area contributed by atoms with E-state index in [0.717, 1.165) is 11.1 Å². The van der Waals surface area contributed by atoms with Gasteiger partial charge in [-0.15, -0.1) is 6.42 Å². The van der Waals surface area contributed by atoms with Gasteiger partial charge in [0.2, 0.25) is 0 Å². The molecule has 1 aromatic carbocycles. The maximum Gasteiger partial charge on any atom is 0.0666 e. The molecule has 0 unspecified atom stereocenters. The molecule has 2 rings (SSSR count). The van der Waals surface area contributed by atoms with Gasteiger partial charge in [0.05, 0.1) is 13.2 Å². The van der Waals surface area contributed by atoms with Crippen LogP contribution in [-0.2, 0) is 4.74 Å². The quantitative estimate of drug-likeness (QED) is 0.429. The Morgan fingerprint density at radius 1 is 1.10 bits per heavy atom. The average molecular weight is 266 g/mol. The molecule has 0 saturated heterocycles. The molecular weight excluding hydrogens is 244 g/mol. The first-order chi connectivity index (χ1) is 9.90. The summed E-state index contributed by atoms with van der Waals surface area (Å²) >= 11 is 0. The van der Waals surface area contributed by atoms with E-state index >= 15 is 0 Å². The minimum Gasteiger partial charge on any atom is -0.373 e. The maximum atomic E-state index is 5.64. The van der Waals surface area contributed by atoms with E-state index in [1.807, 2.05) is 36.4 Å². The molecular formula is C19H22O. The Bertz CT molecular complexity index is 494. The lowest BCUT2D eigenvalue weighted by Crippen LogP contribution is -1.98. The first-order valence-electron chi connectivity index (χ1n) is 7.38. The Kier molecular flexibility index (Phi) is 6.14. The molecule has 1 aliphatic rings. The molecule has 0 spiro atoms. The van der Waals surface area contributed by atoms with Crippen LogP contribution in [0.1, 0.15) is 37.7 Å². The van der Waals surface area contributed by atoms with Gasteiger partial charge in [-0.1, -0.05) is 54.3 Å². The molecule has 1 aromatic rings. The molecule has 0 heterocycles. The molecule has 1 fully saturated rings. The smallest absolute Gasteiger partial charge is 0.0666 e. The number of benzene rings is 1. The summed E-state index contributed by atoms with van der Waals surface area (Å²) in [6.07, 6.45) is 16.3. The molecule has 0 radical (unpaired) electrons. The van der Waals surface area contributed by atoms with Crippen LogP contribution < -0.4 is 0 Å². The van der Waals surface area contributed by atoms with Gasteiger partial charge in [-0.05, 0) is 37.3 Å². The Hall–Kier alpha value is -1.78.